The zero-order valence-electron chi connectivity index (χ0n) is 10.3. The third-order valence-electron chi connectivity index (χ3n) is 2.52. The summed E-state index contributed by atoms with van der Waals surface area (Å²) in [6, 6.07) is 7.91. The maximum Gasteiger partial charge on any atom is 0.260 e. The number of nitrogens with one attached hydrogen (secondary N) is 1. The van der Waals surface area contributed by atoms with Gasteiger partial charge in [-0.05, 0) is 31.2 Å². The zero-order valence-corrected chi connectivity index (χ0v) is 11.1. The molecule has 0 aliphatic rings. The maximum absolute atomic E-state index is 12.2. The second-order valence-electron chi connectivity index (χ2n) is 4.00. The van der Waals surface area contributed by atoms with Crippen LogP contribution in [0, 0.1) is 0 Å². The molecule has 2 rings (SSSR count). The zero-order chi connectivity index (χ0) is 13.9. The predicted octanol–water partition coefficient (Wildman–Crippen LogP) is 1.10. The minimum absolute atomic E-state index is 0.114. The fourth-order valence-corrected chi connectivity index (χ4v) is 2.88. The summed E-state index contributed by atoms with van der Waals surface area (Å²) in [6.45, 7) is 1.71. The lowest BCUT2D eigenvalue weighted by atomic mass is 10.2. The van der Waals surface area contributed by atoms with Crippen molar-refractivity contribution in [2.45, 2.75) is 18.0 Å². The molecule has 6 nitrogen and oxygen atoms in total. The van der Waals surface area contributed by atoms with Crippen LogP contribution in [0.5, 0.6) is 0 Å². The third-order valence-corrected chi connectivity index (χ3v) is 4.03. The third kappa shape index (κ3) is 3.07. The molecule has 2 aromatic rings. The minimum Gasteiger partial charge on any atom is -0.396 e. The first-order valence-electron chi connectivity index (χ1n) is 5.64. The normalized spacial score (nSPS) is 13.1. The molecule has 0 aliphatic heterocycles. The van der Waals surface area contributed by atoms with Crippen molar-refractivity contribution >= 4 is 15.7 Å². The first kappa shape index (κ1) is 13.4. The highest BCUT2D eigenvalue weighted by atomic mass is 32.2. The lowest BCUT2D eigenvalue weighted by molar-refractivity contribution is 0.561. The monoisotopic (exact) mass is 278 g/mol. The van der Waals surface area contributed by atoms with Gasteiger partial charge in [-0.2, -0.15) is 0 Å². The molecule has 1 atom stereocenters. The highest BCUT2D eigenvalue weighted by Crippen LogP contribution is 2.17. The van der Waals surface area contributed by atoms with Gasteiger partial charge in [0, 0.05) is 12.4 Å². The Hall–Kier alpha value is -1.99. The van der Waals surface area contributed by atoms with Crippen LogP contribution in [0.1, 0.15) is 18.7 Å². The Labute approximate surface area is 111 Å². The Bertz CT molecular complexity index is 658. The highest BCUT2D eigenvalue weighted by Gasteiger charge is 2.22. The number of pyridine rings is 2. The lowest BCUT2D eigenvalue weighted by Crippen LogP contribution is -2.28. The van der Waals surface area contributed by atoms with Crippen LogP contribution >= 0.6 is 0 Å². The number of nitrogens with two attached hydrogens (primary N) is 1. The molecule has 0 spiro atoms. The van der Waals surface area contributed by atoms with Crippen molar-refractivity contribution in [2.24, 2.45) is 0 Å². The van der Waals surface area contributed by atoms with Gasteiger partial charge in [0.2, 0.25) is 0 Å². The number of rotatable bonds is 4. The summed E-state index contributed by atoms with van der Waals surface area (Å²) >= 11 is 0. The van der Waals surface area contributed by atoms with E-state index in [9.17, 15) is 8.42 Å². The average Bonchev–Trinajstić information content (AvgIpc) is 2.39. The number of nitrogen functional groups attached to an aromatic ring is 1. The molecule has 19 heavy (non-hydrogen) atoms. The van der Waals surface area contributed by atoms with Crippen molar-refractivity contribution in [1.29, 1.82) is 0 Å². The molecule has 0 radical (unpaired) electrons. The molecule has 0 aliphatic carbocycles. The molecule has 100 valence electrons. The van der Waals surface area contributed by atoms with Gasteiger partial charge in [0.15, 0.2) is 5.03 Å². The summed E-state index contributed by atoms with van der Waals surface area (Å²) in [5, 5.41) is -0.169. The number of hydrogen-bond acceptors (Lipinski definition) is 5. The number of hydrogen-bond donors (Lipinski definition) is 2. The summed E-state index contributed by atoms with van der Waals surface area (Å²) in [5.41, 5.74) is 6.36. The smallest absolute Gasteiger partial charge is 0.260 e. The SMILES string of the molecule is CC(NS(=O)(=O)c1ncccc1N)c1ccccn1. The van der Waals surface area contributed by atoms with E-state index in [1.807, 2.05) is 0 Å². The summed E-state index contributed by atoms with van der Waals surface area (Å²) in [4.78, 5) is 7.90. The molecule has 1 unspecified atom stereocenters. The molecule has 0 bridgehead atoms. The first-order valence-corrected chi connectivity index (χ1v) is 7.13. The molecule has 0 saturated carbocycles. The van der Waals surface area contributed by atoms with E-state index >= 15 is 0 Å². The van der Waals surface area contributed by atoms with E-state index in [1.165, 1.54) is 12.3 Å². The number of sulfonamides is 1. The van der Waals surface area contributed by atoms with Gasteiger partial charge in [-0.3, -0.25) is 4.98 Å². The Morgan fingerprint density at radius 3 is 2.53 bits per heavy atom. The molecule has 0 saturated heterocycles. The number of anilines is 1. The van der Waals surface area contributed by atoms with Crippen LogP contribution in [0.2, 0.25) is 0 Å². The Morgan fingerprint density at radius 2 is 1.89 bits per heavy atom. The highest BCUT2D eigenvalue weighted by molar-refractivity contribution is 7.89. The van der Waals surface area contributed by atoms with Crippen LogP contribution in [0.15, 0.2) is 47.8 Å². The van der Waals surface area contributed by atoms with E-state index in [4.69, 9.17) is 5.73 Å². The van der Waals surface area contributed by atoms with Crippen molar-refractivity contribution in [3.8, 4) is 0 Å². The topological polar surface area (TPSA) is 98.0 Å². The van der Waals surface area contributed by atoms with Crippen molar-refractivity contribution < 1.29 is 8.42 Å². The second-order valence-corrected chi connectivity index (χ2v) is 5.62. The first-order chi connectivity index (χ1) is 9.00. The van der Waals surface area contributed by atoms with Gasteiger partial charge in [0.1, 0.15) is 0 Å². The summed E-state index contributed by atoms with van der Waals surface area (Å²) in [7, 11) is -3.76. The van der Waals surface area contributed by atoms with Crippen LogP contribution < -0.4 is 10.5 Å². The molecule has 0 fully saturated rings. The van der Waals surface area contributed by atoms with Crippen LogP contribution in [0.25, 0.3) is 0 Å². The minimum atomic E-state index is -3.76. The molecule has 7 heteroatoms. The quantitative estimate of drug-likeness (QED) is 0.872. The summed E-state index contributed by atoms with van der Waals surface area (Å²) < 4.78 is 26.8. The Kier molecular flexibility index (Phi) is 3.77. The second kappa shape index (κ2) is 5.33. The molecular weight excluding hydrogens is 264 g/mol. The van der Waals surface area contributed by atoms with Crippen LogP contribution in [-0.2, 0) is 10.0 Å². The van der Waals surface area contributed by atoms with Gasteiger partial charge in [0.25, 0.3) is 10.0 Å². The van der Waals surface area contributed by atoms with E-state index in [2.05, 4.69) is 14.7 Å². The van der Waals surface area contributed by atoms with Gasteiger partial charge >= 0.3 is 0 Å². The van der Waals surface area contributed by atoms with E-state index in [0.29, 0.717) is 5.69 Å². The van der Waals surface area contributed by atoms with E-state index in [-0.39, 0.29) is 10.7 Å². The predicted molar refractivity (Wildman–Crippen MR) is 71.6 cm³/mol. The standard InChI is InChI=1S/C12H14N4O2S/c1-9(11-6-2-3-7-14-11)16-19(17,18)12-10(13)5-4-8-15-12/h2-9,16H,13H2,1H3. The van der Waals surface area contributed by atoms with Crippen LogP contribution in [0.3, 0.4) is 0 Å². The van der Waals surface area contributed by atoms with Gasteiger partial charge in [-0.25, -0.2) is 18.1 Å². The average molecular weight is 278 g/mol. The van der Waals surface area contributed by atoms with Gasteiger partial charge in [-0.15, -0.1) is 0 Å². The summed E-state index contributed by atoms with van der Waals surface area (Å²) in [5.74, 6) is 0. The van der Waals surface area contributed by atoms with Crippen LogP contribution in [0.4, 0.5) is 5.69 Å². The molecule has 0 aromatic carbocycles. The van der Waals surface area contributed by atoms with E-state index < -0.39 is 16.1 Å². The maximum atomic E-state index is 12.2. The largest absolute Gasteiger partial charge is 0.396 e. The van der Waals surface area contributed by atoms with Crippen LogP contribution in [-0.4, -0.2) is 18.4 Å². The number of nitrogens with zero attached hydrogens (tertiary/aromatic N) is 2. The Balaban J connectivity index is 2.26. The summed E-state index contributed by atoms with van der Waals surface area (Å²) in [6.07, 6.45) is 2.99. The van der Waals surface area contributed by atoms with Crippen molar-refractivity contribution in [3.63, 3.8) is 0 Å². The molecule has 2 heterocycles. The fourth-order valence-electron chi connectivity index (χ4n) is 1.61. The van der Waals surface area contributed by atoms with Crippen molar-refractivity contribution in [1.82, 2.24) is 14.7 Å². The van der Waals surface area contributed by atoms with Crippen molar-refractivity contribution in [2.75, 3.05) is 5.73 Å². The van der Waals surface area contributed by atoms with Crippen molar-refractivity contribution in [3.05, 3.63) is 48.4 Å². The lowest BCUT2D eigenvalue weighted by Gasteiger charge is -2.13. The fraction of sp³-hybridized carbons (Fsp3) is 0.167. The van der Waals surface area contributed by atoms with E-state index in [1.54, 1.807) is 37.4 Å². The van der Waals surface area contributed by atoms with E-state index in [0.717, 1.165) is 0 Å². The van der Waals surface area contributed by atoms with Gasteiger partial charge in [-0.1, -0.05) is 6.07 Å². The molecule has 0 amide bonds. The molecule has 2 aromatic heterocycles. The van der Waals surface area contributed by atoms with Gasteiger partial charge < -0.3 is 5.73 Å². The molecule has 3 N–H and O–H groups in total. The number of aromatic nitrogens is 2. The van der Waals surface area contributed by atoms with Gasteiger partial charge in [0.05, 0.1) is 17.4 Å². The molecular formula is C12H14N4O2S. The Morgan fingerprint density at radius 1 is 1.16 bits per heavy atom.